The van der Waals surface area contributed by atoms with Gasteiger partial charge in [-0.2, -0.15) is 0 Å². The molecule has 1 aliphatic rings. The molecule has 0 spiro atoms. The van der Waals surface area contributed by atoms with E-state index >= 15 is 0 Å². The maximum Gasteiger partial charge on any atom is 0.176 e. The van der Waals surface area contributed by atoms with Crippen molar-refractivity contribution in [2.75, 3.05) is 18.5 Å². The molecule has 0 aliphatic carbocycles. The Balaban J connectivity index is 2.03. The van der Waals surface area contributed by atoms with Gasteiger partial charge < -0.3 is 5.43 Å². The van der Waals surface area contributed by atoms with Gasteiger partial charge in [-0.25, -0.2) is 14.4 Å². The highest BCUT2D eigenvalue weighted by Gasteiger charge is 2.12. The second-order valence-electron chi connectivity index (χ2n) is 3.64. The molecule has 1 aromatic heterocycles. The van der Waals surface area contributed by atoms with Crippen LogP contribution in [0.5, 0.6) is 0 Å². The lowest BCUT2D eigenvalue weighted by molar-refractivity contribution is 0.270. The molecule has 0 radical (unpaired) electrons. The van der Waals surface area contributed by atoms with Crippen molar-refractivity contribution in [2.45, 2.75) is 19.3 Å². The fraction of sp³-hybridized carbons (Fsp3) is 0.500. The molecule has 5 heteroatoms. The third kappa shape index (κ3) is 2.89. The largest absolute Gasteiger partial charge is 0.301 e. The Hall–Kier alpha value is -0.680. The van der Waals surface area contributed by atoms with Crippen molar-refractivity contribution in [3.05, 3.63) is 22.6 Å². The zero-order chi connectivity index (χ0) is 10.7. The zero-order valence-corrected chi connectivity index (χ0v) is 9.93. The van der Waals surface area contributed by atoms with E-state index in [0.29, 0.717) is 10.3 Å². The van der Waals surface area contributed by atoms with Crippen LogP contribution in [0.1, 0.15) is 19.3 Å². The molecular formula is C10H13BrFN3. The van der Waals surface area contributed by atoms with E-state index in [1.54, 1.807) is 6.20 Å². The van der Waals surface area contributed by atoms with E-state index < -0.39 is 0 Å². The number of aromatic nitrogens is 1. The SMILES string of the molecule is Fc1cc(Br)cnc1NN1CCCCC1. The average Bonchev–Trinajstić information content (AvgIpc) is 2.24. The summed E-state index contributed by atoms with van der Waals surface area (Å²) in [5.74, 6) is -0.0185. The third-order valence-corrected chi connectivity index (χ3v) is 2.86. The first-order valence-corrected chi connectivity index (χ1v) is 5.87. The molecule has 1 fully saturated rings. The Morgan fingerprint density at radius 1 is 1.33 bits per heavy atom. The Kier molecular flexibility index (Phi) is 3.53. The van der Waals surface area contributed by atoms with Gasteiger partial charge in [0.1, 0.15) is 0 Å². The van der Waals surface area contributed by atoms with Gasteiger partial charge in [-0.05, 0) is 34.8 Å². The summed E-state index contributed by atoms with van der Waals surface area (Å²) in [6.07, 6.45) is 5.17. The lowest BCUT2D eigenvalue weighted by Crippen LogP contribution is -2.35. The minimum Gasteiger partial charge on any atom is -0.301 e. The first-order valence-electron chi connectivity index (χ1n) is 5.08. The second kappa shape index (κ2) is 4.90. The molecule has 0 aromatic carbocycles. The summed E-state index contributed by atoms with van der Waals surface area (Å²) in [5, 5.41) is 2.02. The van der Waals surface area contributed by atoms with Crippen molar-refractivity contribution in [3.8, 4) is 0 Å². The summed E-state index contributed by atoms with van der Waals surface area (Å²) in [4.78, 5) is 4.00. The first-order chi connectivity index (χ1) is 7.25. The number of rotatable bonds is 2. The minimum atomic E-state index is -0.324. The van der Waals surface area contributed by atoms with Crippen LogP contribution in [0.25, 0.3) is 0 Å². The van der Waals surface area contributed by atoms with Crippen molar-refractivity contribution in [3.63, 3.8) is 0 Å². The van der Waals surface area contributed by atoms with Crippen molar-refractivity contribution < 1.29 is 4.39 Å². The Labute approximate surface area is 96.8 Å². The number of anilines is 1. The number of nitrogens with zero attached hydrogens (tertiary/aromatic N) is 2. The lowest BCUT2D eigenvalue weighted by atomic mass is 10.2. The van der Waals surface area contributed by atoms with Crippen molar-refractivity contribution in [1.82, 2.24) is 9.99 Å². The van der Waals surface area contributed by atoms with Crippen molar-refractivity contribution >= 4 is 21.7 Å². The maximum absolute atomic E-state index is 13.4. The maximum atomic E-state index is 13.4. The smallest absolute Gasteiger partial charge is 0.176 e. The highest BCUT2D eigenvalue weighted by molar-refractivity contribution is 9.10. The first kappa shape index (κ1) is 10.8. The van der Waals surface area contributed by atoms with E-state index in [-0.39, 0.29) is 5.82 Å². The van der Waals surface area contributed by atoms with Gasteiger partial charge in [0, 0.05) is 23.8 Å². The topological polar surface area (TPSA) is 28.2 Å². The molecule has 1 saturated heterocycles. The molecule has 2 heterocycles. The molecule has 0 unspecified atom stereocenters. The second-order valence-corrected chi connectivity index (χ2v) is 4.56. The van der Waals surface area contributed by atoms with Gasteiger partial charge in [-0.1, -0.05) is 6.42 Å². The van der Waals surface area contributed by atoms with Crippen LogP contribution in [0.2, 0.25) is 0 Å². The van der Waals surface area contributed by atoms with E-state index in [4.69, 9.17) is 0 Å². The van der Waals surface area contributed by atoms with Gasteiger partial charge in [-0.3, -0.25) is 0 Å². The summed E-state index contributed by atoms with van der Waals surface area (Å²) in [5.41, 5.74) is 3.00. The molecule has 0 atom stereocenters. The molecular weight excluding hydrogens is 261 g/mol. The van der Waals surface area contributed by atoms with E-state index in [9.17, 15) is 4.39 Å². The number of hydrazine groups is 1. The minimum absolute atomic E-state index is 0.306. The number of hydrogen-bond donors (Lipinski definition) is 1. The molecule has 2 rings (SSSR count). The standard InChI is InChI=1S/C10H13BrFN3/c11-8-6-9(12)10(13-7-8)14-15-4-2-1-3-5-15/h6-7H,1-5H2,(H,13,14). The number of nitrogens with one attached hydrogen (secondary N) is 1. The Bertz CT molecular complexity index is 339. The molecule has 0 bridgehead atoms. The summed E-state index contributed by atoms with van der Waals surface area (Å²) < 4.78 is 14.1. The number of hydrogen-bond acceptors (Lipinski definition) is 3. The molecule has 15 heavy (non-hydrogen) atoms. The Morgan fingerprint density at radius 3 is 2.73 bits per heavy atom. The fourth-order valence-electron chi connectivity index (χ4n) is 1.65. The predicted octanol–water partition coefficient (Wildman–Crippen LogP) is 2.80. The van der Waals surface area contributed by atoms with Crippen LogP contribution >= 0.6 is 15.9 Å². The van der Waals surface area contributed by atoms with Crippen molar-refractivity contribution in [1.29, 1.82) is 0 Å². The molecule has 0 saturated carbocycles. The van der Waals surface area contributed by atoms with Crippen LogP contribution in [0.15, 0.2) is 16.7 Å². The number of pyridine rings is 1. The van der Waals surface area contributed by atoms with Crippen LogP contribution in [-0.4, -0.2) is 23.1 Å². The van der Waals surface area contributed by atoms with E-state index in [0.717, 1.165) is 25.9 Å². The molecule has 1 aromatic rings. The van der Waals surface area contributed by atoms with E-state index in [2.05, 4.69) is 26.3 Å². The van der Waals surface area contributed by atoms with Gasteiger partial charge in [0.05, 0.1) is 0 Å². The van der Waals surface area contributed by atoms with Crippen molar-refractivity contribution in [2.24, 2.45) is 0 Å². The van der Waals surface area contributed by atoms with Gasteiger partial charge >= 0.3 is 0 Å². The van der Waals surface area contributed by atoms with E-state index in [1.807, 2.05) is 5.01 Å². The summed E-state index contributed by atoms with van der Waals surface area (Å²) in [6, 6.07) is 1.42. The number of piperidine rings is 1. The van der Waals surface area contributed by atoms with Crippen LogP contribution < -0.4 is 5.43 Å². The van der Waals surface area contributed by atoms with E-state index in [1.165, 1.54) is 12.5 Å². The lowest BCUT2D eigenvalue weighted by Gasteiger charge is -2.27. The summed E-state index contributed by atoms with van der Waals surface area (Å²) >= 11 is 3.18. The van der Waals surface area contributed by atoms with Crippen LogP contribution in [0.4, 0.5) is 10.2 Å². The number of halogens is 2. The highest BCUT2D eigenvalue weighted by atomic mass is 79.9. The van der Waals surface area contributed by atoms with Gasteiger partial charge in [0.15, 0.2) is 11.6 Å². The summed E-state index contributed by atoms with van der Waals surface area (Å²) in [6.45, 7) is 1.91. The quantitative estimate of drug-likeness (QED) is 0.898. The molecule has 82 valence electrons. The van der Waals surface area contributed by atoms with Crippen LogP contribution in [-0.2, 0) is 0 Å². The third-order valence-electron chi connectivity index (χ3n) is 2.43. The van der Waals surface area contributed by atoms with Gasteiger partial charge in [0.2, 0.25) is 0 Å². The zero-order valence-electron chi connectivity index (χ0n) is 8.34. The van der Waals surface area contributed by atoms with Gasteiger partial charge in [-0.15, -0.1) is 0 Å². The monoisotopic (exact) mass is 273 g/mol. The molecule has 3 nitrogen and oxygen atoms in total. The van der Waals surface area contributed by atoms with Gasteiger partial charge in [0.25, 0.3) is 0 Å². The van der Waals surface area contributed by atoms with Crippen LogP contribution in [0.3, 0.4) is 0 Å². The molecule has 0 amide bonds. The fourth-order valence-corrected chi connectivity index (χ4v) is 1.96. The molecule has 1 N–H and O–H groups in total. The highest BCUT2D eigenvalue weighted by Crippen LogP contribution is 2.18. The predicted molar refractivity (Wildman–Crippen MR) is 60.9 cm³/mol. The normalized spacial score (nSPS) is 17.7. The summed E-state index contributed by atoms with van der Waals surface area (Å²) in [7, 11) is 0. The molecule has 1 aliphatic heterocycles. The van der Waals surface area contributed by atoms with Crippen LogP contribution in [0, 0.1) is 5.82 Å². The Morgan fingerprint density at radius 2 is 2.07 bits per heavy atom. The average molecular weight is 274 g/mol.